The first-order valence-corrected chi connectivity index (χ1v) is 14.3. The van der Waals surface area contributed by atoms with E-state index in [4.69, 9.17) is 37.1 Å². The molecular weight excluding hydrogens is 571 g/mol. The Morgan fingerprint density at radius 3 is 2.70 bits per heavy atom. The van der Waals surface area contributed by atoms with E-state index in [0.717, 1.165) is 0 Å². The minimum absolute atomic E-state index is 0.116. The van der Waals surface area contributed by atoms with Crippen molar-refractivity contribution in [3.63, 3.8) is 0 Å². The molecule has 0 aliphatic carbocycles. The number of allylic oxidation sites excluding steroid dienone is 1. The topological polar surface area (TPSA) is 83.0 Å². The summed E-state index contributed by atoms with van der Waals surface area (Å²) in [7, 11) is 0. The molecule has 0 fully saturated rings. The standard InChI is InChI=1S/C30H26Cl2N2O5S/c1-5-37-29(36)26-17(4)33-30-34(27(26)20-8-6-7-9-23(20)38-16(2)3)28(35)25(40-30)15-19-11-13-24(39-19)21-14-18(31)10-12-22(21)32/h6-16,27H,5H2,1-4H3/b25-15+/t27-/m1/s1. The molecule has 0 N–H and O–H groups in total. The minimum Gasteiger partial charge on any atom is -0.491 e. The van der Waals surface area contributed by atoms with Crippen LogP contribution in [0.3, 0.4) is 0 Å². The van der Waals surface area contributed by atoms with Gasteiger partial charge in [-0.1, -0.05) is 52.7 Å². The van der Waals surface area contributed by atoms with Crippen LogP contribution >= 0.6 is 34.5 Å². The summed E-state index contributed by atoms with van der Waals surface area (Å²) in [5, 5.41) is 1.02. The average molecular weight is 598 g/mol. The molecule has 5 rings (SSSR count). The molecule has 1 atom stereocenters. The van der Waals surface area contributed by atoms with Crippen LogP contribution in [0.15, 0.2) is 80.1 Å². The Labute approximate surface area is 244 Å². The summed E-state index contributed by atoms with van der Waals surface area (Å²) in [5.41, 5.74) is 1.76. The van der Waals surface area contributed by atoms with Gasteiger partial charge in [0.1, 0.15) is 23.3 Å². The van der Waals surface area contributed by atoms with E-state index in [1.54, 1.807) is 50.3 Å². The number of benzene rings is 2. The van der Waals surface area contributed by atoms with Crippen LogP contribution in [0.4, 0.5) is 0 Å². The zero-order chi connectivity index (χ0) is 28.6. The highest BCUT2D eigenvalue weighted by molar-refractivity contribution is 7.07. The molecule has 206 valence electrons. The lowest BCUT2D eigenvalue weighted by atomic mass is 9.95. The Hall–Kier alpha value is -3.59. The van der Waals surface area contributed by atoms with Gasteiger partial charge in [-0.15, -0.1) is 0 Å². The number of furan rings is 1. The number of rotatable bonds is 7. The number of fused-ring (bicyclic) bond motifs is 1. The van der Waals surface area contributed by atoms with E-state index in [1.165, 1.54) is 15.9 Å². The molecule has 0 spiro atoms. The zero-order valence-electron chi connectivity index (χ0n) is 22.2. The van der Waals surface area contributed by atoms with Gasteiger partial charge in [0.05, 0.1) is 33.5 Å². The van der Waals surface area contributed by atoms with Crippen molar-refractivity contribution in [3.8, 4) is 17.1 Å². The van der Waals surface area contributed by atoms with E-state index < -0.39 is 12.0 Å². The van der Waals surface area contributed by atoms with E-state index >= 15 is 0 Å². The Balaban J connectivity index is 1.67. The predicted octanol–water partition coefficient (Wildman–Crippen LogP) is 6.15. The number of carbonyl (C=O) groups is 1. The van der Waals surface area contributed by atoms with Crippen LogP contribution in [0.2, 0.25) is 10.0 Å². The van der Waals surface area contributed by atoms with Gasteiger partial charge in [-0.05, 0) is 64.1 Å². The predicted molar refractivity (Wildman–Crippen MR) is 157 cm³/mol. The van der Waals surface area contributed by atoms with Crippen molar-refractivity contribution in [2.24, 2.45) is 4.99 Å². The van der Waals surface area contributed by atoms with Crippen molar-refractivity contribution < 1.29 is 18.7 Å². The fourth-order valence-electron chi connectivity index (χ4n) is 4.54. The van der Waals surface area contributed by atoms with E-state index in [2.05, 4.69) is 4.99 Å². The van der Waals surface area contributed by atoms with E-state index in [9.17, 15) is 9.59 Å². The third-order valence-electron chi connectivity index (χ3n) is 6.19. The summed E-state index contributed by atoms with van der Waals surface area (Å²) >= 11 is 13.7. The van der Waals surface area contributed by atoms with E-state index in [0.29, 0.717) is 53.5 Å². The lowest BCUT2D eigenvalue weighted by Gasteiger charge is -2.26. The Morgan fingerprint density at radius 2 is 1.95 bits per heavy atom. The average Bonchev–Trinajstić information content (AvgIpc) is 3.49. The summed E-state index contributed by atoms with van der Waals surface area (Å²) in [4.78, 5) is 32.2. The van der Waals surface area contributed by atoms with Gasteiger partial charge in [-0.25, -0.2) is 9.79 Å². The lowest BCUT2D eigenvalue weighted by Crippen LogP contribution is -2.40. The molecule has 1 aliphatic rings. The molecule has 2 aromatic carbocycles. The Bertz CT molecular complexity index is 1820. The summed E-state index contributed by atoms with van der Waals surface area (Å²) in [6.07, 6.45) is 1.54. The lowest BCUT2D eigenvalue weighted by molar-refractivity contribution is -0.139. The number of carbonyl (C=O) groups excluding carboxylic acids is 1. The highest BCUT2D eigenvalue weighted by Gasteiger charge is 2.35. The molecule has 2 aromatic heterocycles. The normalized spacial score (nSPS) is 15.3. The maximum absolute atomic E-state index is 13.9. The zero-order valence-corrected chi connectivity index (χ0v) is 24.6. The van der Waals surface area contributed by atoms with Gasteiger partial charge in [0.15, 0.2) is 4.80 Å². The van der Waals surface area contributed by atoms with Gasteiger partial charge in [0.2, 0.25) is 0 Å². The molecular formula is C30H26Cl2N2O5S. The number of halogens is 2. The number of hydrogen-bond acceptors (Lipinski definition) is 7. The minimum atomic E-state index is -0.787. The molecule has 0 unspecified atom stereocenters. The number of thiazole rings is 1. The van der Waals surface area contributed by atoms with Crippen molar-refractivity contribution in [2.45, 2.75) is 39.8 Å². The van der Waals surface area contributed by atoms with E-state index in [-0.39, 0.29) is 23.8 Å². The van der Waals surface area contributed by atoms with Gasteiger partial charge in [-0.3, -0.25) is 9.36 Å². The first-order valence-electron chi connectivity index (χ1n) is 12.7. The van der Waals surface area contributed by atoms with Crippen LogP contribution in [0.5, 0.6) is 5.75 Å². The molecule has 0 bridgehead atoms. The summed E-state index contributed by atoms with van der Waals surface area (Å²) < 4.78 is 19.4. The SMILES string of the molecule is CCOC(=O)C1=C(C)N=c2s/c(=C/c3ccc(-c4cc(Cl)ccc4Cl)o3)c(=O)n2[C@@H]1c1ccccc1OC(C)C. The number of aromatic nitrogens is 1. The van der Waals surface area contributed by atoms with Gasteiger partial charge < -0.3 is 13.9 Å². The highest BCUT2D eigenvalue weighted by atomic mass is 35.5. The second-order valence-electron chi connectivity index (χ2n) is 9.33. The first kappa shape index (κ1) is 28.0. The number of para-hydroxylation sites is 1. The van der Waals surface area contributed by atoms with Crippen LogP contribution in [-0.2, 0) is 9.53 Å². The molecule has 4 aromatic rings. The van der Waals surface area contributed by atoms with Crippen molar-refractivity contribution >= 4 is 46.6 Å². The molecule has 7 nitrogen and oxygen atoms in total. The van der Waals surface area contributed by atoms with Gasteiger partial charge in [0.25, 0.3) is 5.56 Å². The van der Waals surface area contributed by atoms with E-state index in [1.807, 2.05) is 38.1 Å². The fraction of sp³-hybridized carbons (Fsp3) is 0.233. The quantitative estimate of drug-likeness (QED) is 0.239. The maximum atomic E-state index is 13.9. The third-order valence-corrected chi connectivity index (χ3v) is 7.73. The molecule has 0 saturated heterocycles. The smallest absolute Gasteiger partial charge is 0.338 e. The van der Waals surface area contributed by atoms with Gasteiger partial charge >= 0.3 is 5.97 Å². The van der Waals surface area contributed by atoms with Crippen molar-refractivity contribution in [1.82, 2.24) is 4.57 Å². The number of nitrogens with zero attached hydrogens (tertiary/aromatic N) is 2. The Morgan fingerprint density at radius 1 is 1.18 bits per heavy atom. The number of hydrogen-bond donors (Lipinski definition) is 0. The van der Waals surface area contributed by atoms with Gasteiger partial charge in [-0.2, -0.15) is 0 Å². The van der Waals surface area contributed by atoms with Crippen LogP contribution in [0, 0.1) is 0 Å². The van der Waals surface area contributed by atoms with Crippen molar-refractivity contribution in [2.75, 3.05) is 6.61 Å². The first-order chi connectivity index (χ1) is 19.2. The Kier molecular flexibility index (Phi) is 8.03. The van der Waals surface area contributed by atoms with Crippen LogP contribution in [0.1, 0.15) is 45.1 Å². The van der Waals surface area contributed by atoms with Gasteiger partial charge in [0, 0.05) is 22.2 Å². The second-order valence-corrected chi connectivity index (χ2v) is 11.2. The molecule has 0 radical (unpaired) electrons. The van der Waals surface area contributed by atoms with Crippen LogP contribution in [-0.4, -0.2) is 23.2 Å². The summed E-state index contributed by atoms with van der Waals surface area (Å²) in [5.74, 6) is 1.02. The third kappa shape index (κ3) is 5.39. The maximum Gasteiger partial charge on any atom is 0.338 e. The van der Waals surface area contributed by atoms with Crippen LogP contribution < -0.4 is 19.6 Å². The van der Waals surface area contributed by atoms with Crippen molar-refractivity contribution in [3.05, 3.63) is 107 Å². The molecule has 3 heterocycles. The van der Waals surface area contributed by atoms with Crippen molar-refractivity contribution in [1.29, 1.82) is 0 Å². The fourth-order valence-corrected chi connectivity index (χ4v) is 5.95. The molecule has 0 amide bonds. The molecule has 0 saturated carbocycles. The summed E-state index contributed by atoms with van der Waals surface area (Å²) in [6, 6.07) is 15.2. The van der Waals surface area contributed by atoms with Crippen LogP contribution in [0.25, 0.3) is 17.4 Å². The molecule has 40 heavy (non-hydrogen) atoms. The molecule has 10 heteroatoms. The number of ether oxygens (including phenoxy) is 2. The number of esters is 1. The highest BCUT2D eigenvalue weighted by Crippen LogP contribution is 2.36. The molecule has 1 aliphatic heterocycles. The largest absolute Gasteiger partial charge is 0.491 e. The summed E-state index contributed by atoms with van der Waals surface area (Å²) in [6.45, 7) is 7.51. The monoisotopic (exact) mass is 596 g/mol. The second kappa shape index (κ2) is 11.5.